The minimum absolute atomic E-state index is 0.454. The van der Waals surface area contributed by atoms with Gasteiger partial charge in [-0.3, -0.25) is 0 Å². The fraction of sp³-hybridized carbons (Fsp3) is 0.214. The van der Waals surface area contributed by atoms with Crippen molar-refractivity contribution in [3.63, 3.8) is 0 Å². The van der Waals surface area contributed by atoms with Gasteiger partial charge in [0.15, 0.2) is 0 Å². The lowest BCUT2D eigenvalue weighted by Gasteiger charge is -2.18. The number of hydrogen-bond donors (Lipinski definition) is 0. The molecule has 0 saturated heterocycles. The molecule has 0 aliphatic carbocycles. The van der Waals surface area contributed by atoms with E-state index in [-0.39, 0.29) is 0 Å². The molecule has 1 aromatic carbocycles. The molecule has 0 aliphatic rings. The number of hydrogen-bond acceptors (Lipinski definition) is 4. The third-order valence-electron chi connectivity index (χ3n) is 2.69. The van der Waals surface area contributed by atoms with Crippen LogP contribution >= 0.6 is 11.6 Å². The first-order valence-electron chi connectivity index (χ1n) is 5.80. The maximum absolute atomic E-state index is 8.77. The average Bonchev–Trinajstić information content (AvgIpc) is 2.37. The number of nitriles is 1. The highest BCUT2D eigenvalue weighted by Gasteiger charge is 2.06. The Hall–Kier alpha value is -2.12. The van der Waals surface area contributed by atoms with Crippen molar-refractivity contribution in [1.82, 2.24) is 9.97 Å². The Bertz CT molecular complexity index is 596. The van der Waals surface area contributed by atoms with Crippen LogP contribution in [0, 0.1) is 18.3 Å². The molecule has 0 radical (unpaired) electrons. The second kappa shape index (κ2) is 5.68. The van der Waals surface area contributed by atoms with E-state index in [9.17, 15) is 0 Å². The first kappa shape index (κ1) is 13.3. The molecule has 0 saturated carbocycles. The van der Waals surface area contributed by atoms with Crippen LogP contribution in [0.5, 0.6) is 0 Å². The normalized spacial score (nSPS) is 10.0. The Morgan fingerprint density at radius 2 is 1.95 bits per heavy atom. The van der Waals surface area contributed by atoms with Crippen LogP contribution in [0.1, 0.15) is 17.1 Å². The summed E-state index contributed by atoms with van der Waals surface area (Å²) in [5, 5.41) is 9.22. The van der Waals surface area contributed by atoms with Crippen LogP contribution in [0.25, 0.3) is 0 Å². The molecule has 2 rings (SSSR count). The lowest BCUT2D eigenvalue weighted by atomic mass is 10.2. The third-order valence-corrected chi connectivity index (χ3v) is 2.88. The number of halogens is 1. The van der Waals surface area contributed by atoms with E-state index < -0.39 is 0 Å². The molecule has 0 spiro atoms. The smallest absolute Gasteiger partial charge is 0.149 e. The maximum atomic E-state index is 8.77. The number of anilines is 1. The second-order valence-electron chi connectivity index (χ2n) is 4.26. The number of rotatable bonds is 3. The summed E-state index contributed by atoms with van der Waals surface area (Å²) in [7, 11) is 1.95. The van der Waals surface area contributed by atoms with Gasteiger partial charge in [-0.2, -0.15) is 5.26 Å². The van der Waals surface area contributed by atoms with E-state index in [0.717, 1.165) is 11.4 Å². The minimum Gasteiger partial charge on any atom is -0.367 e. The molecule has 1 aromatic heterocycles. The van der Waals surface area contributed by atoms with Gasteiger partial charge in [-0.1, -0.05) is 11.6 Å². The lowest BCUT2D eigenvalue weighted by Crippen LogP contribution is -2.18. The van der Waals surface area contributed by atoms with Crippen LogP contribution in [0.4, 0.5) is 5.69 Å². The molecule has 4 nitrogen and oxygen atoms in total. The molecule has 0 amide bonds. The van der Waals surface area contributed by atoms with E-state index in [1.165, 1.54) is 0 Å². The molecule has 19 heavy (non-hydrogen) atoms. The van der Waals surface area contributed by atoms with Gasteiger partial charge in [0.05, 0.1) is 18.2 Å². The summed E-state index contributed by atoms with van der Waals surface area (Å²) in [5.41, 5.74) is 2.50. The van der Waals surface area contributed by atoms with Crippen molar-refractivity contribution in [2.75, 3.05) is 11.9 Å². The van der Waals surface area contributed by atoms with Crippen molar-refractivity contribution in [3.05, 3.63) is 52.6 Å². The topological polar surface area (TPSA) is 52.8 Å². The first-order chi connectivity index (χ1) is 9.08. The summed E-state index contributed by atoms with van der Waals surface area (Å²) in [6.07, 6.45) is 0. The molecule has 0 atom stereocenters. The summed E-state index contributed by atoms with van der Waals surface area (Å²) in [5.74, 6) is 0.678. The first-order valence-corrected chi connectivity index (χ1v) is 6.17. The Kier molecular flexibility index (Phi) is 3.98. The van der Waals surface area contributed by atoms with Gasteiger partial charge in [0.2, 0.25) is 0 Å². The van der Waals surface area contributed by atoms with E-state index in [4.69, 9.17) is 16.9 Å². The monoisotopic (exact) mass is 272 g/mol. The van der Waals surface area contributed by atoms with Crippen molar-refractivity contribution < 1.29 is 0 Å². The van der Waals surface area contributed by atoms with Crippen LogP contribution in [-0.2, 0) is 6.54 Å². The zero-order valence-electron chi connectivity index (χ0n) is 10.8. The summed E-state index contributed by atoms with van der Waals surface area (Å²) in [4.78, 5) is 10.5. The average molecular weight is 273 g/mol. The summed E-state index contributed by atoms with van der Waals surface area (Å²) < 4.78 is 0. The number of aromatic nitrogens is 2. The molecule has 1 heterocycles. The fourth-order valence-electron chi connectivity index (χ4n) is 1.75. The van der Waals surface area contributed by atoms with Gasteiger partial charge in [-0.05, 0) is 37.3 Å². The SMILES string of the molecule is Cc1cc(Cl)nc(CN(C)c2ccc(C#N)cc2)n1. The molecule has 0 unspecified atom stereocenters. The largest absolute Gasteiger partial charge is 0.367 e. The van der Waals surface area contributed by atoms with Crippen LogP contribution in [0.3, 0.4) is 0 Å². The highest BCUT2D eigenvalue weighted by molar-refractivity contribution is 6.29. The lowest BCUT2D eigenvalue weighted by molar-refractivity contribution is 0.828. The predicted octanol–water partition coefficient (Wildman–Crippen LogP) is 2.95. The quantitative estimate of drug-likeness (QED) is 0.806. The molecule has 5 heteroatoms. The molecule has 96 valence electrons. The van der Waals surface area contributed by atoms with Crippen molar-refractivity contribution >= 4 is 17.3 Å². The Labute approximate surface area is 117 Å². The Morgan fingerprint density at radius 1 is 1.26 bits per heavy atom. The van der Waals surface area contributed by atoms with Gasteiger partial charge < -0.3 is 4.90 Å². The highest BCUT2D eigenvalue weighted by Crippen LogP contribution is 2.16. The van der Waals surface area contributed by atoms with Crippen LogP contribution in [0.2, 0.25) is 5.15 Å². The summed E-state index contributed by atoms with van der Waals surface area (Å²) in [6, 6.07) is 11.2. The van der Waals surface area contributed by atoms with E-state index in [2.05, 4.69) is 16.0 Å². The van der Waals surface area contributed by atoms with Gasteiger partial charge in [-0.15, -0.1) is 0 Å². The van der Waals surface area contributed by atoms with Crippen LogP contribution in [-0.4, -0.2) is 17.0 Å². The fourth-order valence-corrected chi connectivity index (χ4v) is 2.01. The molecular weight excluding hydrogens is 260 g/mol. The van der Waals surface area contributed by atoms with Gasteiger partial charge in [0.1, 0.15) is 11.0 Å². The molecular formula is C14H13ClN4. The molecule has 0 aliphatic heterocycles. The summed E-state index contributed by atoms with van der Waals surface area (Å²) >= 11 is 5.91. The molecule has 0 bridgehead atoms. The minimum atomic E-state index is 0.454. The zero-order chi connectivity index (χ0) is 13.8. The number of aryl methyl sites for hydroxylation is 1. The van der Waals surface area contributed by atoms with Crippen LogP contribution in [0.15, 0.2) is 30.3 Å². The molecule has 0 N–H and O–H groups in total. The van der Waals surface area contributed by atoms with Crippen molar-refractivity contribution in [3.8, 4) is 6.07 Å². The second-order valence-corrected chi connectivity index (χ2v) is 4.65. The van der Waals surface area contributed by atoms with Crippen molar-refractivity contribution in [2.45, 2.75) is 13.5 Å². The predicted molar refractivity (Wildman–Crippen MR) is 75.0 cm³/mol. The zero-order valence-corrected chi connectivity index (χ0v) is 11.5. The van der Waals surface area contributed by atoms with Crippen LogP contribution < -0.4 is 4.90 Å². The molecule has 0 fully saturated rings. The van der Waals surface area contributed by atoms with Crippen molar-refractivity contribution in [1.29, 1.82) is 5.26 Å². The van der Waals surface area contributed by atoms with E-state index in [0.29, 0.717) is 23.1 Å². The maximum Gasteiger partial charge on any atom is 0.149 e. The Balaban J connectivity index is 2.15. The summed E-state index contributed by atoms with van der Waals surface area (Å²) in [6.45, 7) is 2.45. The van der Waals surface area contributed by atoms with Crippen molar-refractivity contribution in [2.24, 2.45) is 0 Å². The van der Waals surface area contributed by atoms with Gasteiger partial charge in [0, 0.05) is 18.4 Å². The van der Waals surface area contributed by atoms with Gasteiger partial charge in [-0.25, -0.2) is 9.97 Å². The van der Waals surface area contributed by atoms with E-state index in [1.54, 1.807) is 18.2 Å². The molecule has 2 aromatic rings. The Morgan fingerprint density at radius 3 is 2.53 bits per heavy atom. The van der Waals surface area contributed by atoms with Gasteiger partial charge in [0.25, 0.3) is 0 Å². The van der Waals surface area contributed by atoms with E-state index in [1.807, 2.05) is 31.0 Å². The number of benzene rings is 1. The standard InChI is InChI=1S/C14H13ClN4/c1-10-7-13(15)18-14(17-10)9-19(2)12-5-3-11(8-16)4-6-12/h3-7H,9H2,1-2H3. The highest BCUT2D eigenvalue weighted by atomic mass is 35.5. The third kappa shape index (κ3) is 3.43. The number of nitrogens with zero attached hydrogens (tertiary/aromatic N) is 4. The van der Waals surface area contributed by atoms with Gasteiger partial charge >= 0.3 is 0 Å². The van der Waals surface area contributed by atoms with E-state index >= 15 is 0 Å².